The van der Waals surface area contributed by atoms with Gasteiger partial charge in [0.25, 0.3) is 5.91 Å². The third-order valence-corrected chi connectivity index (χ3v) is 4.40. The molecule has 0 unspecified atom stereocenters. The molecule has 0 aromatic heterocycles. The van der Waals surface area contributed by atoms with Crippen molar-refractivity contribution < 1.29 is 14.7 Å². The van der Waals surface area contributed by atoms with Gasteiger partial charge in [0.2, 0.25) is 0 Å². The number of nitrogens with zero attached hydrogens (tertiary/aromatic N) is 1. The van der Waals surface area contributed by atoms with Crippen LogP contribution in [-0.2, 0) is 24.2 Å². The van der Waals surface area contributed by atoms with Crippen molar-refractivity contribution in [2.45, 2.75) is 32.4 Å². The van der Waals surface area contributed by atoms with Crippen LogP contribution < -0.4 is 0 Å². The molecule has 1 amide bonds. The molecule has 4 heteroatoms. The average molecular weight is 309 g/mol. The van der Waals surface area contributed by atoms with Crippen LogP contribution in [0, 0.1) is 0 Å². The van der Waals surface area contributed by atoms with Crippen molar-refractivity contribution in [1.29, 1.82) is 0 Å². The Bertz CT molecular complexity index is 737. The molecule has 0 aliphatic carbocycles. The standard InChI is InChI=1S/C19H19NO3/c1-2-13-7-9-14(10-8-13)18(21)20-12-16-6-4-3-5-15(16)11-17(20)19(22)23/h3-10,17H,2,11-12H2,1H3,(H,22,23)/t17-/m1/s1. The number of hydrogen-bond donors (Lipinski definition) is 1. The summed E-state index contributed by atoms with van der Waals surface area (Å²) in [6.45, 7) is 2.39. The molecule has 118 valence electrons. The Morgan fingerprint density at radius 3 is 2.35 bits per heavy atom. The molecule has 0 fully saturated rings. The van der Waals surface area contributed by atoms with Gasteiger partial charge in [-0.05, 0) is 35.2 Å². The summed E-state index contributed by atoms with van der Waals surface area (Å²) in [4.78, 5) is 25.9. The monoisotopic (exact) mass is 309 g/mol. The largest absolute Gasteiger partial charge is 0.480 e. The normalized spacial score (nSPS) is 16.7. The smallest absolute Gasteiger partial charge is 0.326 e. The van der Waals surface area contributed by atoms with Gasteiger partial charge in [-0.15, -0.1) is 0 Å². The SMILES string of the molecule is CCc1ccc(C(=O)N2Cc3ccccc3C[C@@H]2C(=O)O)cc1. The van der Waals surface area contributed by atoms with Crippen LogP contribution in [0.3, 0.4) is 0 Å². The molecule has 0 saturated heterocycles. The van der Waals surface area contributed by atoms with E-state index in [1.165, 1.54) is 4.90 Å². The van der Waals surface area contributed by atoms with Crippen molar-refractivity contribution in [3.8, 4) is 0 Å². The van der Waals surface area contributed by atoms with E-state index < -0.39 is 12.0 Å². The van der Waals surface area contributed by atoms with Crippen LogP contribution in [0.25, 0.3) is 0 Å². The second-order valence-electron chi connectivity index (χ2n) is 5.81. The lowest BCUT2D eigenvalue weighted by molar-refractivity contribution is -0.142. The highest BCUT2D eigenvalue weighted by Crippen LogP contribution is 2.25. The molecule has 1 N–H and O–H groups in total. The van der Waals surface area contributed by atoms with E-state index in [1.54, 1.807) is 12.1 Å². The lowest BCUT2D eigenvalue weighted by atomic mass is 9.93. The number of carboxylic acids is 1. The number of aliphatic carboxylic acids is 1. The minimum absolute atomic E-state index is 0.227. The van der Waals surface area contributed by atoms with Gasteiger partial charge in [-0.25, -0.2) is 4.79 Å². The van der Waals surface area contributed by atoms with Crippen molar-refractivity contribution in [2.24, 2.45) is 0 Å². The zero-order valence-corrected chi connectivity index (χ0v) is 13.0. The van der Waals surface area contributed by atoms with E-state index in [2.05, 4.69) is 6.92 Å². The van der Waals surface area contributed by atoms with E-state index in [0.29, 0.717) is 18.5 Å². The lowest BCUT2D eigenvalue weighted by Crippen LogP contribution is -2.48. The fourth-order valence-corrected chi connectivity index (χ4v) is 3.01. The molecule has 0 saturated carbocycles. The van der Waals surface area contributed by atoms with E-state index in [4.69, 9.17) is 0 Å². The number of carboxylic acid groups (broad SMARTS) is 1. The van der Waals surface area contributed by atoms with E-state index >= 15 is 0 Å². The number of hydrogen-bond acceptors (Lipinski definition) is 2. The second kappa shape index (κ2) is 6.24. The fraction of sp³-hybridized carbons (Fsp3) is 0.263. The van der Waals surface area contributed by atoms with Crippen LogP contribution >= 0.6 is 0 Å². The number of carbonyl (C=O) groups excluding carboxylic acids is 1. The number of aryl methyl sites for hydroxylation is 1. The van der Waals surface area contributed by atoms with Crippen LogP contribution in [-0.4, -0.2) is 27.9 Å². The summed E-state index contributed by atoms with van der Waals surface area (Å²) in [6, 6.07) is 14.3. The molecule has 1 aliphatic heterocycles. The van der Waals surface area contributed by atoms with Gasteiger partial charge < -0.3 is 10.0 Å². The van der Waals surface area contributed by atoms with Gasteiger partial charge >= 0.3 is 5.97 Å². The third-order valence-electron chi connectivity index (χ3n) is 4.40. The van der Waals surface area contributed by atoms with Gasteiger partial charge in [-0.2, -0.15) is 0 Å². The predicted octanol–water partition coefficient (Wildman–Crippen LogP) is 2.90. The summed E-state index contributed by atoms with van der Waals surface area (Å²) in [5.41, 5.74) is 3.71. The first-order valence-electron chi connectivity index (χ1n) is 7.79. The van der Waals surface area contributed by atoms with Crippen LogP contribution in [0.15, 0.2) is 48.5 Å². The van der Waals surface area contributed by atoms with E-state index in [0.717, 1.165) is 23.1 Å². The summed E-state index contributed by atoms with van der Waals surface area (Å²) in [5.74, 6) is -1.19. The molecule has 0 spiro atoms. The maximum absolute atomic E-state index is 12.8. The maximum Gasteiger partial charge on any atom is 0.326 e. The summed E-state index contributed by atoms with van der Waals surface area (Å²) < 4.78 is 0. The number of carbonyl (C=O) groups is 2. The van der Waals surface area contributed by atoms with Gasteiger partial charge in [-0.3, -0.25) is 4.79 Å². The Morgan fingerprint density at radius 2 is 1.74 bits per heavy atom. The molecule has 4 nitrogen and oxygen atoms in total. The Labute approximate surface area is 135 Å². The molecule has 0 bridgehead atoms. The molecule has 1 aliphatic rings. The molecule has 0 radical (unpaired) electrons. The van der Waals surface area contributed by atoms with E-state index in [1.807, 2.05) is 36.4 Å². The summed E-state index contributed by atoms with van der Waals surface area (Å²) in [5, 5.41) is 9.52. The molecular formula is C19H19NO3. The second-order valence-corrected chi connectivity index (χ2v) is 5.81. The Kier molecular flexibility index (Phi) is 4.15. The molecule has 2 aromatic rings. The lowest BCUT2D eigenvalue weighted by Gasteiger charge is -2.34. The molecule has 1 atom stereocenters. The quantitative estimate of drug-likeness (QED) is 0.948. The highest BCUT2D eigenvalue weighted by atomic mass is 16.4. The van der Waals surface area contributed by atoms with Crippen molar-refractivity contribution in [2.75, 3.05) is 0 Å². The molecule has 23 heavy (non-hydrogen) atoms. The summed E-state index contributed by atoms with van der Waals surface area (Å²) >= 11 is 0. The van der Waals surface area contributed by atoms with Crippen molar-refractivity contribution in [3.63, 3.8) is 0 Å². The maximum atomic E-state index is 12.8. The molecular weight excluding hydrogens is 290 g/mol. The van der Waals surface area contributed by atoms with Crippen LogP contribution in [0.1, 0.15) is 34.0 Å². The van der Waals surface area contributed by atoms with Crippen LogP contribution in [0.5, 0.6) is 0 Å². The van der Waals surface area contributed by atoms with Crippen molar-refractivity contribution >= 4 is 11.9 Å². The third kappa shape index (κ3) is 2.97. The number of benzene rings is 2. The number of amides is 1. The Hall–Kier alpha value is -2.62. The zero-order chi connectivity index (χ0) is 16.4. The number of rotatable bonds is 3. The highest BCUT2D eigenvalue weighted by molar-refractivity contribution is 5.97. The molecule has 2 aromatic carbocycles. The van der Waals surface area contributed by atoms with Gasteiger partial charge in [0.05, 0.1) is 0 Å². The minimum atomic E-state index is -0.960. The first kappa shape index (κ1) is 15.3. The van der Waals surface area contributed by atoms with Gasteiger partial charge in [0.1, 0.15) is 6.04 Å². The summed E-state index contributed by atoms with van der Waals surface area (Å²) in [7, 11) is 0. The molecule has 3 rings (SSSR count). The first-order valence-corrected chi connectivity index (χ1v) is 7.79. The Morgan fingerprint density at radius 1 is 1.09 bits per heavy atom. The van der Waals surface area contributed by atoms with E-state index in [-0.39, 0.29) is 5.91 Å². The van der Waals surface area contributed by atoms with Crippen molar-refractivity contribution in [3.05, 3.63) is 70.8 Å². The predicted molar refractivity (Wildman–Crippen MR) is 87.3 cm³/mol. The van der Waals surface area contributed by atoms with Crippen molar-refractivity contribution in [1.82, 2.24) is 4.90 Å². The minimum Gasteiger partial charge on any atom is -0.480 e. The summed E-state index contributed by atoms with van der Waals surface area (Å²) in [6.07, 6.45) is 1.26. The Balaban J connectivity index is 1.92. The van der Waals surface area contributed by atoms with Crippen LogP contribution in [0.4, 0.5) is 0 Å². The van der Waals surface area contributed by atoms with Gasteiger partial charge in [0, 0.05) is 18.5 Å². The topological polar surface area (TPSA) is 57.6 Å². The first-order chi connectivity index (χ1) is 11.1. The fourth-order valence-electron chi connectivity index (χ4n) is 3.01. The molecule has 1 heterocycles. The zero-order valence-electron chi connectivity index (χ0n) is 13.0. The van der Waals surface area contributed by atoms with Crippen LogP contribution in [0.2, 0.25) is 0 Å². The van der Waals surface area contributed by atoms with E-state index in [9.17, 15) is 14.7 Å². The number of fused-ring (bicyclic) bond motifs is 1. The van der Waals surface area contributed by atoms with Gasteiger partial charge in [0.15, 0.2) is 0 Å². The van der Waals surface area contributed by atoms with Gasteiger partial charge in [-0.1, -0.05) is 43.3 Å². The average Bonchev–Trinajstić information content (AvgIpc) is 2.60. The highest BCUT2D eigenvalue weighted by Gasteiger charge is 2.34.